The highest BCUT2D eigenvalue weighted by atomic mass is 16.4. The second kappa shape index (κ2) is 7.76. The Hall–Kier alpha value is -2.37. The molecule has 3 N–H and O–H groups in total. The van der Waals surface area contributed by atoms with E-state index < -0.39 is 5.97 Å². The molecule has 1 aliphatic carbocycles. The molecule has 0 heterocycles. The summed E-state index contributed by atoms with van der Waals surface area (Å²) in [6.45, 7) is 0. The largest absolute Gasteiger partial charge is 0.478 e. The zero-order valence-corrected chi connectivity index (χ0v) is 13.2. The Morgan fingerprint density at radius 1 is 1.13 bits per heavy atom. The minimum absolute atomic E-state index is 0.0286. The first kappa shape index (κ1) is 17.0. The molecule has 1 fully saturated rings. The van der Waals surface area contributed by atoms with E-state index in [1.54, 1.807) is 25.2 Å². The molecule has 0 radical (unpaired) electrons. The summed E-state index contributed by atoms with van der Waals surface area (Å²) in [7, 11) is 1.64. The van der Waals surface area contributed by atoms with Gasteiger partial charge in [0.1, 0.15) is 0 Å². The lowest BCUT2D eigenvalue weighted by Gasteiger charge is -2.28. The van der Waals surface area contributed by atoms with Gasteiger partial charge in [0.25, 0.3) is 0 Å². The minimum Gasteiger partial charge on any atom is -0.478 e. The average molecular weight is 318 g/mol. The lowest BCUT2D eigenvalue weighted by Crippen LogP contribution is -2.41. The van der Waals surface area contributed by atoms with Crippen molar-refractivity contribution in [2.45, 2.75) is 38.1 Å². The number of carbonyl (C=O) groups excluding carboxylic acids is 2. The Kier molecular flexibility index (Phi) is 5.73. The normalized spacial score (nSPS) is 20.6. The van der Waals surface area contributed by atoms with Crippen LogP contribution >= 0.6 is 0 Å². The third-order valence-electron chi connectivity index (χ3n) is 4.31. The van der Waals surface area contributed by atoms with Gasteiger partial charge >= 0.3 is 5.97 Å². The van der Waals surface area contributed by atoms with Crippen molar-refractivity contribution in [1.29, 1.82) is 0 Å². The molecule has 2 amide bonds. The molecular formula is C17H22N2O4. The summed E-state index contributed by atoms with van der Waals surface area (Å²) in [5.74, 6) is -1.12. The number of hydrogen-bond acceptors (Lipinski definition) is 3. The van der Waals surface area contributed by atoms with Gasteiger partial charge in [-0.15, -0.1) is 0 Å². The Bertz CT molecular complexity index is 592. The molecule has 1 aromatic carbocycles. The van der Waals surface area contributed by atoms with Gasteiger partial charge in [0.2, 0.25) is 11.8 Å². The summed E-state index contributed by atoms with van der Waals surface area (Å²) in [5, 5.41) is 14.7. The molecule has 1 aliphatic rings. The smallest absolute Gasteiger partial charge is 0.335 e. The lowest BCUT2D eigenvalue weighted by molar-refractivity contribution is -0.125. The van der Waals surface area contributed by atoms with Gasteiger partial charge in [-0.1, -0.05) is 18.2 Å². The zero-order valence-electron chi connectivity index (χ0n) is 13.2. The third kappa shape index (κ3) is 4.55. The predicted molar refractivity (Wildman–Crippen MR) is 85.1 cm³/mol. The van der Waals surface area contributed by atoms with Gasteiger partial charge in [-0.05, 0) is 37.3 Å². The number of carbonyl (C=O) groups is 3. The van der Waals surface area contributed by atoms with Crippen LogP contribution in [0.15, 0.2) is 24.3 Å². The van der Waals surface area contributed by atoms with Gasteiger partial charge in [0, 0.05) is 19.0 Å². The Balaban J connectivity index is 1.87. The molecule has 2 rings (SSSR count). The van der Waals surface area contributed by atoms with E-state index in [2.05, 4.69) is 10.6 Å². The fraction of sp³-hybridized carbons (Fsp3) is 0.471. The van der Waals surface area contributed by atoms with Crippen LogP contribution in [0.4, 0.5) is 0 Å². The van der Waals surface area contributed by atoms with Crippen LogP contribution in [0.5, 0.6) is 0 Å². The van der Waals surface area contributed by atoms with Crippen LogP contribution in [0.2, 0.25) is 0 Å². The van der Waals surface area contributed by atoms with Crippen LogP contribution in [0, 0.1) is 5.92 Å². The molecular weight excluding hydrogens is 296 g/mol. The lowest BCUT2D eigenvalue weighted by atomic mass is 9.85. The van der Waals surface area contributed by atoms with Crippen molar-refractivity contribution in [1.82, 2.24) is 10.6 Å². The maximum atomic E-state index is 12.1. The monoisotopic (exact) mass is 318 g/mol. The first-order valence-electron chi connectivity index (χ1n) is 7.83. The van der Waals surface area contributed by atoms with Crippen molar-refractivity contribution in [3.8, 4) is 0 Å². The van der Waals surface area contributed by atoms with Crippen LogP contribution in [0.1, 0.15) is 41.6 Å². The summed E-state index contributed by atoms with van der Waals surface area (Å²) >= 11 is 0. The van der Waals surface area contributed by atoms with Crippen molar-refractivity contribution >= 4 is 17.8 Å². The second-order valence-electron chi connectivity index (χ2n) is 5.87. The number of carboxylic acid groups (broad SMARTS) is 1. The number of hydrogen-bond donors (Lipinski definition) is 3. The third-order valence-corrected chi connectivity index (χ3v) is 4.31. The van der Waals surface area contributed by atoms with Crippen molar-refractivity contribution < 1.29 is 19.5 Å². The maximum absolute atomic E-state index is 12.1. The highest BCUT2D eigenvalue weighted by Gasteiger charge is 2.26. The highest BCUT2D eigenvalue weighted by Crippen LogP contribution is 2.24. The quantitative estimate of drug-likeness (QED) is 0.763. The Labute approximate surface area is 135 Å². The molecule has 0 spiro atoms. The molecule has 0 aromatic heterocycles. The molecule has 0 unspecified atom stereocenters. The summed E-state index contributed by atoms with van der Waals surface area (Å²) in [6, 6.07) is 6.58. The molecule has 23 heavy (non-hydrogen) atoms. The van der Waals surface area contributed by atoms with Crippen LogP contribution < -0.4 is 10.6 Å². The molecule has 1 aromatic rings. The molecule has 124 valence electrons. The van der Waals surface area contributed by atoms with Gasteiger partial charge < -0.3 is 15.7 Å². The first-order chi connectivity index (χ1) is 11.0. The molecule has 0 atom stereocenters. The van der Waals surface area contributed by atoms with E-state index in [-0.39, 0.29) is 35.8 Å². The Morgan fingerprint density at radius 3 is 2.39 bits per heavy atom. The summed E-state index contributed by atoms with van der Waals surface area (Å²) in [4.78, 5) is 34.9. The number of amides is 2. The predicted octanol–water partition coefficient (Wildman–Crippen LogP) is 1.35. The standard InChI is InChI=1S/C17H22N2O4/c1-18-16(21)11-6-8-13(9-7-11)19-15(20)10-12-4-2-3-5-14(12)17(22)23/h2-5,11,13H,6-10H2,1H3,(H,18,21)(H,19,20)(H,22,23). The maximum Gasteiger partial charge on any atom is 0.335 e. The van der Waals surface area contributed by atoms with E-state index in [1.165, 1.54) is 6.07 Å². The van der Waals surface area contributed by atoms with Gasteiger partial charge in [-0.3, -0.25) is 9.59 Å². The fourth-order valence-electron chi connectivity index (χ4n) is 3.04. The Morgan fingerprint density at radius 2 is 1.78 bits per heavy atom. The number of benzene rings is 1. The number of nitrogens with one attached hydrogen (secondary N) is 2. The number of rotatable bonds is 5. The first-order valence-corrected chi connectivity index (χ1v) is 7.83. The fourth-order valence-corrected chi connectivity index (χ4v) is 3.04. The van der Waals surface area contributed by atoms with E-state index in [0.717, 1.165) is 25.7 Å². The van der Waals surface area contributed by atoms with Crippen LogP contribution in [0.3, 0.4) is 0 Å². The van der Waals surface area contributed by atoms with Crippen molar-refractivity contribution in [2.24, 2.45) is 5.92 Å². The summed E-state index contributed by atoms with van der Waals surface area (Å²) in [6.07, 6.45) is 3.11. The highest BCUT2D eigenvalue weighted by molar-refractivity contribution is 5.91. The topological polar surface area (TPSA) is 95.5 Å². The molecule has 1 saturated carbocycles. The van der Waals surface area contributed by atoms with E-state index in [4.69, 9.17) is 5.11 Å². The van der Waals surface area contributed by atoms with Crippen molar-refractivity contribution in [2.75, 3.05) is 7.05 Å². The van der Waals surface area contributed by atoms with Crippen molar-refractivity contribution in [3.63, 3.8) is 0 Å². The molecule has 0 bridgehead atoms. The van der Waals surface area contributed by atoms with E-state index >= 15 is 0 Å². The average Bonchev–Trinajstić information content (AvgIpc) is 2.55. The van der Waals surface area contributed by atoms with E-state index in [1.807, 2.05) is 0 Å². The molecule has 6 heteroatoms. The SMILES string of the molecule is CNC(=O)C1CCC(NC(=O)Cc2ccccc2C(=O)O)CC1. The van der Waals surface area contributed by atoms with Gasteiger partial charge in [0.05, 0.1) is 12.0 Å². The summed E-state index contributed by atoms with van der Waals surface area (Å²) < 4.78 is 0. The van der Waals surface area contributed by atoms with Crippen LogP contribution in [-0.4, -0.2) is 36.0 Å². The second-order valence-corrected chi connectivity index (χ2v) is 5.87. The minimum atomic E-state index is -1.03. The number of carboxylic acids is 1. The molecule has 0 saturated heterocycles. The van der Waals surface area contributed by atoms with Gasteiger partial charge in [0.15, 0.2) is 0 Å². The van der Waals surface area contributed by atoms with Crippen LogP contribution in [0.25, 0.3) is 0 Å². The van der Waals surface area contributed by atoms with Crippen LogP contribution in [-0.2, 0) is 16.0 Å². The molecule has 6 nitrogen and oxygen atoms in total. The van der Waals surface area contributed by atoms with E-state index in [9.17, 15) is 14.4 Å². The van der Waals surface area contributed by atoms with Gasteiger partial charge in [-0.25, -0.2) is 4.79 Å². The zero-order chi connectivity index (χ0) is 16.8. The van der Waals surface area contributed by atoms with E-state index in [0.29, 0.717) is 5.56 Å². The van der Waals surface area contributed by atoms with Gasteiger partial charge in [-0.2, -0.15) is 0 Å². The van der Waals surface area contributed by atoms with Crippen molar-refractivity contribution in [3.05, 3.63) is 35.4 Å². The summed E-state index contributed by atoms with van der Waals surface area (Å²) in [5.41, 5.74) is 0.669. The molecule has 0 aliphatic heterocycles. The number of aromatic carboxylic acids is 1.